The Morgan fingerprint density at radius 1 is 1.03 bits per heavy atom. The number of carbonyl (C=O) groups excluding carboxylic acids is 2. The van der Waals surface area contributed by atoms with E-state index in [2.05, 4.69) is 4.90 Å². The predicted molar refractivity (Wildman–Crippen MR) is 131 cm³/mol. The number of ether oxygens (including phenoxy) is 6. The molecule has 190 valence electrons. The van der Waals surface area contributed by atoms with Crippen LogP contribution in [0.4, 0.5) is 0 Å². The fourth-order valence-electron chi connectivity index (χ4n) is 5.34. The van der Waals surface area contributed by atoms with E-state index in [0.717, 1.165) is 24.1 Å². The molecule has 6 rings (SSSR count). The lowest BCUT2D eigenvalue weighted by Gasteiger charge is -2.38. The Balaban J connectivity index is 1.46. The van der Waals surface area contributed by atoms with Gasteiger partial charge in [0.2, 0.25) is 12.5 Å². The maximum atomic E-state index is 13.3. The van der Waals surface area contributed by atoms with Crippen LogP contribution in [-0.2, 0) is 11.2 Å². The van der Waals surface area contributed by atoms with Crippen LogP contribution in [0.3, 0.4) is 0 Å². The molecule has 3 heterocycles. The highest BCUT2D eigenvalue weighted by molar-refractivity contribution is 6.00. The molecule has 0 aromatic heterocycles. The maximum Gasteiger partial charge on any atom is 0.343 e. The van der Waals surface area contributed by atoms with Crippen molar-refractivity contribution in [2.45, 2.75) is 18.6 Å². The normalized spacial score (nSPS) is 19.6. The molecular weight excluding hydrogens is 478 g/mol. The molecule has 0 aliphatic carbocycles. The molecule has 0 N–H and O–H groups in total. The van der Waals surface area contributed by atoms with Crippen molar-refractivity contribution in [3.63, 3.8) is 0 Å². The van der Waals surface area contributed by atoms with Crippen molar-refractivity contribution < 1.29 is 38.0 Å². The standard InChI is InChI=1S/C28H25NO8/c1-29-12-11-16-13-19-25(35-14-34-19)26(33-3)20(16)22(29)23-17-9-10-18(32-2)24(21(17)28(31)36-23)37-27(30)15-7-5-4-6-8-15/h4-10,13,22-23H,11-12,14H2,1-3H3/t22?,23-/m0/s1. The molecule has 37 heavy (non-hydrogen) atoms. The lowest BCUT2D eigenvalue weighted by atomic mass is 9.85. The molecule has 0 amide bonds. The van der Waals surface area contributed by atoms with Crippen molar-refractivity contribution in [3.8, 4) is 28.7 Å². The number of hydrogen-bond acceptors (Lipinski definition) is 9. The number of fused-ring (bicyclic) bond motifs is 3. The first kappa shape index (κ1) is 23.2. The van der Waals surface area contributed by atoms with Crippen LogP contribution in [0.25, 0.3) is 0 Å². The SMILES string of the molecule is COc1ccc2c(c1OC(=O)c1ccccc1)C(=O)O[C@@H]2C1c2c(cc3c(c2OC)OCO3)CCN1C. The van der Waals surface area contributed by atoms with E-state index in [0.29, 0.717) is 28.4 Å². The molecule has 1 unspecified atom stereocenters. The van der Waals surface area contributed by atoms with Gasteiger partial charge in [0.25, 0.3) is 0 Å². The predicted octanol–water partition coefficient (Wildman–Crippen LogP) is 4.09. The Morgan fingerprint density at radius 2 is 1.84 bits per heavy atom. The highest BCUT2D eigenvalue weighted by atomic mass is 16.7. The minimum Gasteiger partial charge on any atom is -0.493 e. The van der Waals surface area contributed by atoms with Crippen molar-refractivity contribution in [1.29, 1.82) is 0 Å². The number of rotatable bonds is 5. The smallest absolute Gasteiger partial charge is 0.343 e. The van der Waals surface area contributed by atoms with Gasteiger partial charge < -0.3 is 28.4 Å². The molecule has 0 spiro atoms. The topological polar surface area (TPSA) is 92.8 Å². The van der Waals surface area contributed by atoms with Crippen molar-refractivity contribution >= 4 is 11.9 Å². The number of cyclic esters (lactones) is 1. The number of esters is 2. The van der Waals surface area contributed by atoms with E-state index in [4.69, 9.17) is 28.4 Å². The summed E-state index contributed by atoms with van der Waals surface area (Å²) in [6.07, 6.45) is 0.0895. The van der Waals surface area contributed by atoms with Crippen LogP contribution >= 0.6 is 0 Å². The van der Waals surface area contributed by atoms with Crippen molar-refractivity contribution in [2.75, 3.05) is 34.6 Å². The fraction of sp³-hybridized carbons (Fsp3) is 0.286. The molecule has 2 atom stereocenters. The van der Waals surface area contributed by atoms with E-state index in [1.165, 1.54) is 7.11 Å². The maximum absolute atomic E-state index is 13.3. The molecule has 3 aliphatic heterocycles. The number of carbonyl (C=O) groups is 2. The van der Waals surface area contributed by atoms with E-state index in [9.17, 15) is 9.59 Å². The van der Waals surface area contributed by atoms with Gasteiger partial charge in [-0.05, 0) is 43.3 Å². The first-order valence-corrected chi connectivity index (χ1v) is 11.9. The summed E-state index contributed by atoms with van der Waals surface area (Å²) in [6, 6.07) is 13.6. The van der Waals surface area contributed by atoms with Gasteiger partial charge in [0.1, 0.15) is 11.7 Å². The lowest BCUT2D eigenvalue weighted by Crippen LogP contribution is -2.36. The third kappa shape index (κ3) is 3.65. The highest BCUT2D eigenvalue weighted by Crippen LogP contribution is 2.55. The summed E-state index contributed by atoms with van der Waals surface area (Å²) in [5, 5.41) is 0. The van der Waals surface area contributed by atoms with Crippen molar-refractivity contribution in [2.24, 2.45) is 0 Å². The van der Waals surface area contributed by atoms with Crippen LogP contribution in [0.2, 0.25) is 0 Å². The lowest BCUT2D eigenvalue weighted by molar-refractivity contribution is 0.00875. The molecule has 9 heteroatoms. The zero-order valence-corrected chi connectivity index (χ0v) is 20.6. The van der Waals surface area contributed by atoms with Gasteiger partial charge in [0, 0.05) is 17.7 Å². The van der Waals surface area contributed by atoms with E-state index < -0.39 is 18.0 Å². The zero-order chi connectivity index (χ0) is 25.7. The van der Waals surface area contributed by atoms with Crippen LogP contribution in [0.15, 0.2) is 48.5 Å². The second-order valence-electron chi connectivity index (χ2n) is 9.03. The van der Waals surface area contributed by atoms with Crippen LogP contribution in [0.5, 0.6) is 28.7 Å². The Hall–Kier alpha value is -4.24. The molecule has 9 nitrogen and oxygen atoms in total. The minimum absolute atomic E-state index is 0.0395. The van der Waals surface area contributed by atoms with Gasteiger partial charge >= 0.3 is 11.9 Å². The van der Waals surface area contributed by atoms with E-state index in [1.807, 2.05) is 13.1 Å². The average Bonchev–Trinajstić information content (AvgIpc) is 3.52. The van der Waals surface area contributed by atoms with Gasteiger partial charge in [0.15, 0.2) is 23.0 Å². The second-order valence-corrected chi connectivity index (χ2v) is 9.03. The summed E-state index contributed by atoms with van der Waals surface area (Å²) in [6.45, 7) is 0.849. The average molecular weight is 504 g/mol. The molecule has 0 radical (unpaired) electrons. The highest BCUT2D eigenvalue weighted by Gasteiger charge is 2.46. The number of benzene rings is 3. The van der Waals surface area contributed by atoms with Crippen molar-refractivity contribution in [3.05, 3.63) is 76.3 Å². The molecular formula is C28H25NO8. The van der Waals surface area contributed by atoms with Gasteiger partial charge in [-0.1, -0.05) is 24.3 Å². The first-order chi connectivity index (χ1) is 18.0. The monoisotopic (exact) mass is 503 g/mol. The third-order valence-corrected chi connectivity index (χ3v) is 7.06. The molecule has 3 aromatic rings. The number of hydrogen-bond donors (Lipinski definition) is 0. The molecule has 3 aromatic carbocycles. The largest absolute Gasteiger partial charge is 0.493 e. The number of nitrogens with zero attached hydrogens (tertiary/aromatic N) is 1. The van der Waals surface area contributed by atoms with Crippen LogP contribution in [-0.4, -0.2) is 51.4 Å². The second kappa shape index (κ2) is 9.01. The van der Waals surface area contributed by atoms with Gasteiger partial charge in [-0.25, -0.2) is 9.59 Å². The number of likely N-dealkylation sites (N-methyl/N-ethyl adjacent to an activating group) is 1. The van der Waals surface area contributed by atoms with Crippen molar-refractivity contribution in [1.82, 2.24) is 4.90 Å². The van der Waals surface area contributed by atoms with Gasteiger partial charge in [-0.3, -0.25) is 4.90 Å². The summed E-state index contributed by atoms with van der Waals surface area (Å²) in [5.74, 6) is 0.862. The fourth-order valence-corrected chi connectivity index (χ4v) is 5.34. The van der Waals surface area contributed by atoms with E-state index in [-0.39, 0.29) is 29.9 Å². The molecule has 0 saturated carbocycles. The van der Waals surface area contributed by atoms with Crippen LogP contribution < -0.4 is 23.7 Å². The Bertz CT molecular complexity index is 1400. The van der Waals surface area contributed by atoms with E-state index >= 15 is 0 Å². The van der Waals surface area contributed by atoms with Gasteiger partial charge in [-0.2, -0.15) is 0 Å². The molecule has 0 fully saturated rings. The van der Waals surface area contributed by atoms with Crippen LogP contribution in [0.1, 0.15) is 49.6 Å². The van der Waals surface area contributed by atoms with Gasteiger partial charge in [-0.15, -0.1) is 0 Å². The minimum atomic E-state index is -0.680. The Kier molecular flexibility index (Phi) is 5.64. The summed E-state index contributed by atoms with van der Waals surface area (Å²) in [5.41, 5.74) is 3.05. The molecule has 3 aliphatic rings. The van der Waals surface area contributed by atoms with Crippen LogP contribution in [0, 0.1) is 0 Å². The summed E-state index contributed by atoms with van der Waals surface area (Å²) in [4.78, 5) is 28.3. The molecule has 0 saturated heterocycles. The third-order valence-electron chi connectivity index (χ3n) is 7.06. The Morgan fingerprint density at radius 3 is 2.59 bits per heavy atom. The summed E-state index contributed by atoms with van der Waals surface area (Å²) in [7, 11) is 5.02. The zero-order valence-electron chi connectivity index (χ0n) is 20.6. The number of methoxy groups -OCH3 is 2. The Labute approximate surface area is 213 Å². The quantitative estimate of drug-likeness (QED) is 0.377. The molecule has 0 bridgehead atoms. The summed E-state index contributed by atoms with van der Waals surface area (Å²) < 4.78 is 34.3. The first-order valence-electron chi connectivity index (χ1n) is 11.9. The summed E-state index contributed by atoms with van der Waals surface area (Å²) >= 11 is 0. The van der Waals surface area contributed by atoms with E-state index in [1.54, 1.807) is 49.6 Å². The van der Waals surface area contributed by atoms with Gasteiger partial charge in [0.05, 0.1) is 25.8 Å².